The Kier molecular flexibility index (Phi) is 5.35. The van der Waals surface area contributed by atoms with Crippen LogP contribution >= 0.6 is 0 Å². The van der Waals surface area contributed by atoms with Crippen LogP contribution in [0.2, 0.25) is 0 Å². The van der Waals surface area contributed by atoms with E-state index in [4.69, 9.17) is 9.26 Å². The summed E-state index contributed by atoms with van der Waals surface area (Å²) in [5.74, 6) is 0.0500. The molecule has 2 aromatic rings. The number of methoxy groups -OCH3 is 1. The van der Waals surface area contributed by atoms with Gasteiger partial charge in [-0.2, -0.15) is 0 Å². The second kappa shape index (κ2) is 7.44. The molecule has 23 heavy (non-hydrogen) atoms. The third-order valence-corrected chi connectivity index (χ3v) is 3.20. The molecule has 1 heterocycles. The van der Waals surface area contributed by atoms with Crippen LogP contribution in [0.3, 0.4) is 0 Å². The number of nitrogens with one attached hydrogen (secondary N) is 1. The van der Waals surface area contributed by atoms with Crippen molar-refractivity contribution in [3.8, 4) is 5.75 Å². The molecule has 1 aromatic heterocycles. The highest BCUT2D eigenvalue weighted by Crippen LogP contribution is 2.12. The van der Waals surface area contributed by atoms with Crippen molar-refractivity contribution in [2.45, 2.75) is 20.0 Å². The number of hydrogen-bond donors (Lipinski definition) is 1. The molecule has 2 rings (SSSR count). The van der Waals surface area contributed by atoms with E-state index in [1.165, 1.54) is 11.9 Å². The van der Waals surface area contributed by atoms with E-state index in [0.717, 1.165) is 5.56 Å². The van der Waals surface area contributed by atoms with Crippen molar-refractivity contribution in [1.82, 2.24) is 15.4 Å². The van der Waals surface area contributed by atoms with Crippen LogP contribution < -0.4 is 10.1 Å². The van der Waals surface area contributed by atoms with Crippen LogP contribution in [0.15, 0.2) is 34.9 Å². The van der Waals surface area contributed by atoms with E-state index >= 15 is 0 Å². The summed E-state index contributed by atoms with van der Waals surface area (Å²) < 4.78 is 10.0. The number of carbonyl (C=O) groups is 2. The lowest BCUT2D eigenvalue weighted by Crippen LogP contribution is -2.40. The maximum atomic E-state index is 12.0. The Balaban J connectivity index is 1.87. The molecule has 1 aromatic carbocycles. The van der Waals surface area contributed by atoms with E-state index in [1.54, 1.807) is 26.2 Å². The molecule has 0 aliphatic rings. The van der Waals surface area contributed by atoms with Gasteiger partial charge in [0.05, 0.1) is 13.7 Å². The zero-order chi connectivity index (χ0) is 16.8. The monoisotopic (exact) mass is 317 g/mol. The van der Waals surface area contributed by atoms with E-state index in [-0.39, 0.29) is 13.1 Å². The van der Waals surface area contributed by atoms with Gasteiger partial charge in [-0.05, 0) is 24.6 Å². The Morgan fingerprint density at radius 3 is 2.78 bits per heavy atom. The van der Waals surface area contributed by atoms with Gasteiger partial charge in [-0.1, -0.05) is 17.3 Å². The first-order chi connectivity index (χ1) is 11.0. The first kappa shape index (κ1) is 16.5. The summed E-state index contributed by atoms with van der Waals surface area (Å²) >= 11 is 0. The van der Waals surface area contributed by atoms with Gasteiger partial charge in [0.2, 0.25) is 0 Å². The van der Waals surface area contributed by atoms with Crippen LogP contribution in [0.4, 0.5) is 0 Å². The highest BCUT2D eigenvalue weighted by Gasteiger charge is 2.19. The number of hydrogen-bond acceptors (Lipinski definition) is 5. The molecule has 0 aliphatic carbocycles. The summed E-state index contributed by atoms with van der Waals surface area (Å²) in [5, 5.41) is 6.39. The minimum atomic E-state index is -0.671. The van der Waals surface area contributed by atoms with Crippen LogP contribution in [-0.2, 0) is 22.7 Å². The van der Waals surface area contributed by atoms with Crippen molar-refractivity contribution in [3.63, 3.8) is 0 Å². The van der Waals surface area contributed by atoms with Gasteiger partial charge in [0.1, 0.15) is 17.2 Å². The van der Waals surface area contributed by atoms with E-state index < -0.39 is 11.8 Å². The highest BCUT2D eigenvalue weighted by atomic mass is 16.5. The third kappa shape index (κ3) is 4.57. The molecule has 0 saturated carbocycles. The van der Waals surface area contributed by atoms with Crippen molar-refractivity contribution in [1.29, 1.82) is 0 Å². The van der Waals surface area contributed by atoms with Gasteiger partial charge in [-0.3, -0.25) is 9.59 Å². The number of ether oxygens (including phenoxy) is 1. The van der Waals surface area contributed by atoms with Gasteiger partial charge in [-0.25, -0.2) is 0 Å². The average molecular weight is 317 g/mol. The topological polar surface area (TPSA) is 84.7 Å². The van der Waals surface area contributed by atoms with Gasteiger partial charge >= 0.3 is 11.8 Å². The predicted molar refractivity (Wildman–Crippen MR) is 82.6 cm³/mol. The number of amides is 2. The minimum Gasteiger partial charge on any atom is -0.497 e. The molecule has 7 heteroatoms. The van der Waals surface area contributed by atoms with Gasteiger partial charge in [0, 0.05) is 19.7 Å². The van der Waals surface area contributed by atoms with Gasteiger partial charge in [0.25, 0.3) is 0 Å². The predicted octanol–water partition coefficient (Wildman–Crippen LogP) is 1.27. The Hall–Kier alpha value is -2.83. The van der Waals surface area contributed by atoms with Crippen LogP contribution in [0.1, 0.15) is 17.0 Å². The number of benzene rings is 1. The summed E-state index contributed by atoms with van der Waals surface area (Å²) in [6.45, 7) is 2.22. The number of nitrogens with zero attached hydrogens (tertiary/aromatic N) is 2. The van der Waals surface area contributed by atoms with Crippen LogP contribution in [0.5, 0.6) is 5.75 Å². The molecule has 0 aliphatic heterocycles. The van der Waals surface area contributed by atoms with Crippen molar-refractivity contribution < 1.29 is 18.8 Å². The Bertz CT molecular complexity index is 696. The number of aryl methyl sites for hydroxylation is 1. The summed E-state index contributed by atoms with van der Waals surface area (Å²) in [6, 6.07) is 8.99. The molecule has 0 fully saturated rings. The summed E-state index contributed by atoms with van der Waals surface area (Å²) in [4.78, 5) is 25.2. The van der Waals surface area contributed by atoms with Gasteiger partial charge in [-0.15, -0.1) is 0 Å². The number of carbonyl (C=O) groups excluding carboxylic acids is 2. The number of likely N-dealkylation sites (N-methyl/N-ethyl adjacent to an activating group) is 1. The SMILES string of the molecule is COc1cccc(CNC(=O)C(=O)N(C)Cc2cc(C)on2)c1. The Morgan fingerprint density at radius 1 is 1.35 bits per heavy atom. The molecule has 0 unspecified atom stereocenters. The van der Waals surface area contributed by atoms with Crippen LogP contribution in [-0.4, -0.2) is 36.0 Å². The molecule has 0 radical (unpaired) electrons. The third-order valence-electron chi connectivity index (χ3n) is 3.20. The first-order valence-electron chi connectivity index (χ1n) is 7.08. The first-order valence-corrected chi connectivity index (χ1v) is 7.08. The lowest BCUT2D eigenvalue weighted by molar-refractivity contribution is -0.145. The van der Waals surface area contributed by atoms with E-state index in [2.05, 4.69) is 10.5 Å². The second-order valence-electron chi connectivity index (χ2n) is 5.12. The number of aromatic nitrogens is 1. The van der Waals surface area contributed by atoms with Gasteiger partial charge in [0.15, 0.2) is 0 Å². The lowest BCUT2D eigenvalue weighted by Gasteiger charge is -2.15. The van der Waals surface area contributed by atoms with Crippen molar-refractivity contribution >= 4 is 11.8 Å². The maximum Gasteiger partial charge on any atom is 0.311 e. The van der Waals surface area contributed by atoms with Crippen molar-refractivity contribution in [3.05, 3.63) is 47.3 Å². The minimum absolute atomic E-state index is 0.211. The molecule has 0 bridgehead atoms. The zero-order valence-corrected chi connectivity index (χ0v) is 13.3. The highest BCUT2D eigenvalue weighted by molar-refractivity contribution is 6.34. The van der Waals surface area contributed by atoms with Crippen LogP contribution in [0, 0.1) is 6.92 Å². The molecule has 1 N–H and O–H groups in total. The molecule has 0 saturated heterocycles. The van der Waals surface area contributed by atoms with Crippen molar-refractivity contribution in [2.75, 3.05) is 14.2 Å². The molecule has 0 atom stereocenters. The molecular weight excluding hydrogens is 298 g/mol. The Labute approximate surface area is 134 Å². The zero-order valence-electron chi connectivity index (χ0n) is 13.3. The van der Waals surface area contributed by atoms with E-state index in [0.29, 0.717) is 17.2 Å². The lowest BCUT2D eigenvalue weighted by atomic mass is 10.2. The summed E-state index contributed by atoms with van der Waals surface area (Å²) in [6.07, 6.45) is 0. The van der Waals surface area contributed by atoms with Gasteiger partial charge < -0.3 is 19.5 Å². The molecular formula is C16H19N3O4. The standard InChI is InChI=1S/C16H19N3O4/c1-11-7-13(18-23-11)10-19(2)16(21)15(20)17-9-12-5-4-6-14(8-12)22-3/h4-8H,9-10H2,1-3H3,(H,17,20). The summed E-state index contributed by atoms with van der Waals surface area (Å²) in [5.41, 5.74) is 1.44. The second-order valence-corrected chi connectivity index (χ2v) is 5.12. The molecule has 122 valence electrons. The Morgan fingerprint density at radius 2 is 2.13 bits per heavy atom. The van der Waals surface area contributed by atoms with E-state index in [1.807, 2.05) is 18.2 Å². The largest absolute Gasteiger partial charge is 0.497 e. The van der Waals surface area contributed by atoms with Crippen LogP contribution in [0.25, 0.3) is 0 Å². The average Bonchev–Trinajstić information content (AvgIpc) is 2.96. The molecule has 0 spiro atoms. The fraction of sp³-hybridized carbons (Fsp3) is 0.312. The summed E-state index contributed by atoms with van der Waals surface area (Å²) in [7, 11) is 3.11. The van der Waals surface area contributed by atoms with E-state index in [9.17, 15) is 9.59 Å². The maximum absolute atomic E-state index is 12.0. The smallest absolute Gasteiger partial charge is 0.311 e. The quantitative estimate of drug-likeness (QED) is 0.839. The molecule has 2 amide bonds. The fourth-order valence-electron chi connectivity index (χ4n) is 2.02. The molecule has 7 nitrogen and oxygen atoms in total. The fourth-order valence-corrected chi connectivity index (χ4v) is 2.02. The number of rotatable bonds is 5. The van der Waals surface area contributed by atoms with Crippen molar-refractivity contribution in [2.24, 2.45) is 0 Å². The normalized spacial score (nSPS) is 10.2.